The Morgan fingerprint density at radius 1 is 1.33 bits per heavy atom. The van der Waals surface area contributed by atoms with E-state index in [4.69, 9.17) is 0 Å². The van der Waals surface area contributed by atoms with Crippen molar-refractivity contribution in [1.29, 1.82) is 0 Å². The smallest absolute Gasteiger partial charge is 0.123 e. The summed E-state index contributed by atoms with van der Waals surface area (Å²) in [5.41, 5.74) is 1.85. The highest BCUT2D eigenvalue weighted by Crippen LogP contribution is 2.22. The third-order valence-electron chi connectivity index (χ3n) is 4.43. The van der Waals surface area contributed by atoms with E-state index in [-0.39, 0.29) is 5.82 Å². The first kappa shape index (κ1) is 17.5. The van der Waals surface area contributed by atoms with Crippen molar-refractivity contribution in [2.45, 2.75) is 19.4 Å². The standard InChI is InChI=1S/C18H24FN3OS/c19-16-5-3-15(4-6-16)17-13-24-18(21-17)10-20-7-9-22-8-1-2-14(11-22)12-23/h3-6,13-14,20,23H,1-2,7-12H2. The zero-order valence-corrected chi connectivity index (χ0v) is 14.6. The normalized spacial score (nSPS) is 18.8. The van der Waals surface area contributed by atoms with Gasteiger partial charge in [0.1, 0.15) is 10.8 Å². The lowest BCUT2D eigenvalue weighted by molar-refractivity contribution is 0.121. The van der Waals surface area contributed by atoms with E-state index in [1.807, 2.05) is 5.38 Å². The van der Waals surface area contributed by atoms with E-state index in [2.05, 4.69) is 15.2 Å². The molecule has 130 valence electrons. The molecule has 0 bridgehead atoms. The molecule has 4 nitrogen and oxygen atoms in total. The Bertz CT molecular complexity index is 631. The van der Waals surface area contributed by atoms with Crippen LogP contribution in [0.5, 0.6) is 0 Å². The molecule has 24 heavy (non-hydrogen) atoms. The third-order valence-corrected chi connectivity index (χ3v) is 5.28. The zero-order valence-electron chi connectivity index (χ0n) is 13.7. The van der Waals surface area contributed by atoms with Gasteiger partial charge in [-0.25, -0.2) is 9.37 Å². The highest BCUT2D eigenvalue weighted by molar-refractivity contribution is 7.09. The van der Waals surface area contributed by atoms with E-state index in [0.717, 1.165) is 55.4 Å². The number of halogens is 1. The second-order valence-corrected chi connectivity index (χ2v) is 7.24. The van der Waals surface area contributed by atoms with Crippen molar-refractivity contribution in [3.8, 4) is 11.3 Å². The van der Waals surface area contributed by atoms with Gasteiger partial charge in [0.05, 0.1) is 5.69 Å². The van der Waals surface area contributed by atoms with Gasteiger partial charge in [0.25, 0.3) is 0 Å². The summed E-state index contributed by atoms with van der Waals surface area (Å²) in [5.74, 6) is 0.216. The fraction of sp³-hybridized carbons (Fsp3) is 0.500. The number of aliphatic hydroxyl groups excluding tert-OH is 1. The molecule has 2 heterocycles. The Morgan fingerprint density at radius 2 is 2.17 bits per heavy atom. The molecule has 6 heteroatoms. The van der Waals surface area contributed by atoms with Crippen LogP contribution in [0.2, 0.25) is 0 Å². The highest BCUT2D eigenvalue weighted by atomic mass is 32.1. The minimum Gasteiger partial charge on any atom is -0.396 e. The molecule has 1 unspecified atom stereocenters. The number of benzene rings is 1. The molecule has 1 atom stereocenters. The third kappa shape index (κ3) is 4.83. The Balaban J connectivity index is 1.42. The van der Waals surface area contributed by atoms with E-state index in [0.29, 0.717) is 12.5 Å². The number of hydrogen-bond acceptors (Lipinski definition) is 5. The average Bonchev–Trinajstić information content (AvgIpc) is 3.08. The van der Waals surface area contributed by atoms with Crippen LogP contribution in [-0.2, 0) is 6.54 Å². The Hall–Kier alpha value is -1.34. The fourth-order valence-corrected chi connectivity index (χ4v) is 3.85. The van der Waals surface area contributed by atoms with Crippen LogP contribution in [0.25, 0.3) is 11.3 Å². The summed E-state index contributed by atoms with van der Waals surface area (Å²) in [5, 5.41) is 15.8. The lowest BCUT2D eigenvalue weighted by Gasteiger charge is -2.31. The first-order chi connectivity index (χ1) is 11.7. The summed E-state index contributed by atoms with van der Waals surface area (Å²) in [4.78, 5) is 7.03. The van der Waals surface area contributed by atoms with Crippen molar-refractivity contribution in [1.82, 2.24) is 15.2 Å². The topological polar surface area (TPSA) is 48.4 Å². The summed E-state index contributed by atoms with van der Waals surface area (Å²) in [6.07, 6.45) is 2.32. The van der Waals surface area contributed by atoms with Gasteiger partial charge in [0.15, 0.2) is 0 Å². The van der Waals surface area contributed by atoms with Gasteiger partial charge < -0.3 is 15.3 Å². The van der Waals surface area contributed by atoms with Crippen LogP contribution in [0.15, 0.2) is 29.6 Å². The van der Waals surface area contributed by atoms with Gasteiger partial charge in [0, 0.05) is 43.7 Å². The maximum absolute atomic E-state index is 13.0. The number of aliphatic hydroxyl groups is 1. The predicted molar refractivity (Wildman–Crippen MR) is 95.5 cm³/mol. The van der Waals surface area contributed by atoms with Crippen molar-refractivity contribution in [2.75, 3.05) is 32.8 Å². The largest absolute Gasteiger partial charge is 0.396 e. The minimum atomic E-state index is -0.225. The van der Waals surface area contributed by atoms with Gasteiger partial charge in [-0.05, 0) is 49.6 Å². The Kier molecular flexibility index (Phi) is 6.31. The van der Waals surface area contributed by atoms with Gasteiger partial charge in [-0.1, -0.05) is 0 Å². The van der Waals surface area contributed by atoms with Gasteiger partial charge in [-0.15, -0.1) is 11.3 Å². The summed E-state index contributed by atoms with van der Waals surface area (Å²) < 4.78 is 13.0. The molecule has 2 N–H and O–H groups in total. The van der Waals surface area contributed by atoms with Crippen LogP contribution in [0.3, 0.4) is 0 Å². The zero-order chi connectivity index (χ0) is 16.8. The molecule has 0 aliphatic carbocycles. The molecule has 1 fully saturated rings. The lowest BCUT2D eigenvalue weighted by Crippen LogP contribution is -2.40. The molecule has 1 aromatic heterocycles. The van der Waals surface area contributed by atoms with Crippen molar-refractivity contribution < 1.29 is 9.50 Å². The second kappa shape index (κ2) is 8.67. The molecule has 0 spiro atoms. The van der Waals surface area contributed by atoms with E-state index >= 15 is 0 Å². The predicted octanol–water partition coefficient (Wildman–Crippen LogP) is 2.74. The highest BCUT2D eigenvalue weighted by Gasteiger charge is 2.18. The van der Waals surface area contributed by atoms with E-state index in [1.165, 1.54) is 18.6 Å². The number of rotatable bonds is 7. The maximum atomic E-state index is 13.0. The number of nitrogens with zero attached hydrogens (tertiary/aromatic N) is 2. The van der Waals surface area contributed by atoms with E-state index in [9.17, 15) is 9.50 Å². The second-order valence-electron chi connectivity index (χ2n) is 6.30. The number of nitrogens with one attached hydrogen (secondary N) is 1. The average molecular weight is 349 g/mol. The molecule has 1 aromatic carbocycles. The van der Waals surface area contributed by atoms with Crippen LogP contribution in [-0.4, -0.2) is 47.8 Å². The van der Waals surface area contributed by atoms with Crippen LogP contribution in [0, 0.1) is 11.7 Å². The molecular weight excluding hydrogens is 325 g/mol. The first-order valence-corrected chi connectivity index (χ1v) is 9.37. The molecule has 0 amide bonds. The van der Waals surface area contributed by atoms with E-state index in [1.54, 1.807) is 23.5 Å². The molecule has 3 rings (SSSR count). The number of hydrogen-bond donors (Lipinski definition) is 2. The quantitative estimate of drug-likeness (QED) is 0.755. The number of aromatic nitrogens is 1. The van der Waals surface area contributed by atoms with Crippen LogP contribution in [0.1, 0.15) is 17.8 Å². The monoisotopic (exact) mass is 349 g/mol. The number of likely N-dealkylation sites (tertiary alicyclic amines) is 1. The fourth-order valence-electron chi connectivity index (χ4n) is 3.08. The Labute approximate surface area is 146 Å². The molecule has 1 aliphatic heterocycles. The van der Waals surface area contributed by atoms with Gasteiger partial charge in [-0.3, -0.25) is 0 Å². The number of piperidine rings is 1. The van der Waals surface area contributed by atoms with Crippen LogP contribution in [0.4, 0.5) is 4.39 Å². The van der Waals surface area contributed by atoms with Crippen molar-refractivity contribution in [2.24, 2.45) is 5.92 Å². The summed E-state index contributed by atoms with van der Waals surface area (Å²) in [7, 11) is 0. The van der Waals surface area contributed by atoms with Gasteiger partial charge >= 0.3 is 0 Å². The van der Waals surface area contributed by atoms with Gasteiger partial charge in [0.2, 0.25) is 0 Å². The Morgan fingerprint density at radius 3 is 2.96 bits per heavy atom. The SMILES string of the molecule is OCC1CCCN(CCNCc2nc(-c3ccc(F)cc3)cs2)C1. The maximum Gasteiger partial charge on any atom is 0.123 e. The number of thiazole rings is 1. The van der Waals surface area contributed by atoms with Crippen molar-refractivity contribution in [3.05, 3.63) is 40.5 Å². The first-order valence-electron chi connectivity index (χ1n) is 8.49. The molecule has 2 aromatic rings. The van der Waals surface area contributed by atoms with Crippen LogP contribution < -0.4 is 5.32 Å². The molecule has 0 saturated carbocycles. The molecule has 0 radical (unpaired) electrons. The van der Waals surface area contributed by atoms with Crippen LogP contribution >= 0.6 is 11.3 Å². The van der Waals surface area contributed by atoms with E-state index < -0.39 is 0 Å². The summed E-state index contributed by atoms with van der Waals surface area (Å²) >= 11 is 1.62. The minimum absolute atomic E-state index is 0.225. The molecular formula is C18H24FN3OS. The summed E-state index contributed by atoms with van der Waals surface area (Å²) in [6, 6.07) is 6.45. The lowest BCUT2D eigenvalue weighted by atomic mass is 9.99. The molecule has 1 aliphatic rings. The molecule has 1 saturated heterocycles. The van der Waals surface area contributed by atoms with Crippen molar-refractivity contribution in [3.63, 3.8) is 0 Å². The van der Waals surface area contributed by atoms with Crippen molar-refractivity contribution >= 4 is 11.3 Å². The summed E-state index contributed by atoms with van der Waals surface area (Å²) in [6.45, 7) is 5.11. The van der Waals surface area contributed by atoms with Gasteiger partial charge in [-0.2, -0.15) is 0 Å².